The Morgan fingerprint density at radius 3 is 2.40 bits per heavy atom. The molecule has 3 amide bonds. The van der Waals surface area contributed by atoms with E-state index in [2.05, 4.69) is 10.3 Å². The van der Waals surface area contributed by atoms with Gasteiger partial charge in [-0.05, 0) is 31.2 Å². The van der Waals surface area contributed by atoms with Gasteiger partial charge in [-0.3, -0.25) is 19.3 Å². The molecular weight excluding hydrogens is 532 g/mol. The molecule has 0 aromatic heterocycles. The van der Waals surface area contributed by atoms with Crippen LogP contribution in [0.2, 0.25) is 0 Å². The fourth-order valence-corrected chi connectivity index (χ4v) is 5.02. The van der Waals surface area contributed by atoms with Crippen molar-refractivity contribution in [3.63, 3.8) is 0 Å². The minimum Gasteiger partial charge on any atom is -0.376 e. The number of alkyl halides is 3. The first-order valence-electron chi connectivity index (χ1n) is 13.0. The van der Waals surface area contributed by atoms with Crippen molar-refractivity contribution in [2.45, 2.75) is 50.9 Å². The molecule has 2 aromatic carbocycles. The molecule has 1 aliphatic carbocycles. The Hall–Kier alpha value is -3.80. The van der Waals surface area contributed by atoms with Gasteiger partial charge in [0.1, 0.15) is 12.5 Å². The van der Waals surface area contributed by atoms with Crippen LogP contribution >= 0.6 is 0 Å². The highest BCUT2D eigenvalue weighted by Gasteiger charge is 2.40. The van der Waals surface area contributed by atoms with E-state index in [0.29, 0.717) is 5.56 Å². The van der Waals surface area contributed by atoms with Gasteiger partial charge in [-0.25, -0.2) is 9.38 Å². The average molecular weight is 563 g/mol. The van der Waals surface area contributed by atoms with Crippen LogP contribution in [0.15, 0.2) is 53.5 Å². The summed E-state index contributed by atoms with van der Waals surface area (Å²) in [5, 5.41) is 12.5. The molecule has 3 unspecified atom stereocenters. The number of para-hydroxylation sites is 1. The van der Waals surface area contributed by atoms with Crippen LogP contribution in [0.1, 0.15) is 49.7 Å². The number of primary amides is 1. The zero-order valence-corrected chi connectivity index (χ0v) is 21.5. The Labute approximate surface area is 228 Å². The number of carbonyl (C=O) groups excluding carboxylic acids is 3. The maximum atomic E-state index is 15.0. The van der Waals surface area contributed by atoms with Gasteiger partial charge in [0.05, 0.1) is 11.4 Å². The van der Waals surface area contributed by atoms with Crippen molar-refractivity contribution in [1.82, 2.24) is 5.32 Å². The largest absolute Gasteiger partial charge is 0.389 e. The molecule has 0 bridgehead atoms. The van der Waals surface area contributed by atoms with Crippen molar-refractivity contribution in [1.29, 1.82) is 0 Å². The molecule has 0 saturated heterocycles. The summed E-state index contributed by atoms with van der Waals surface area (Å²) in [6.45, 7) is -0.933. The first-order chi connectivity index (χ1) is 19.0. The van der Waals surface area contributed by atoms with Gasteiger partial charge in [-0.15, -0.1) is 0 Å². The van der Waals surface area contributed by atoms with Crippen molar-refractivity contribution in [3.05, 3.63) is 65.5 Å². The number of amides is 3. The summed E-state index contributed by atoms with van der Waals surface area (Å²) in [5.74, 6) is -5.59. The number of fused-ring (bicyclic) bond motifs is 1. The van der Waals surface area contributed by atoms with Crippen LogP contribution in [0, 0.1) is 23.6 Å². The zero-order chi connectivity index (χ0) is 29.0. The Bertz CT molecular complexity index is 1280. The Balaban J connectivity index is 1.71. The van der Waals surface area contributed by atoms with Crippen molar-refractivity contribution >= 4 is 29.1 Å². The fraction of sp³-hybridized carbons (Fsp3) is 0.429. The van der Waals surface area contributed by atoms with Crippen LogP contribution < -0.4 is 16.0 Å². The van der Waals surface area contributed by atoms with Crippen LogP contribution in [-0.4, -0.2) is 47.6 Å². The van der Waals surface area contributed by atoms with E-state index in [0.717, 1.165) is 23.8 Å². The normalized spacial score (nSPS) is 18.8. The van der Waals surface area contributed by atoms with Gasteiger partial charge < -0.3 is 16.2 Å². The van der Waals surface area contributed by atoms with Crippen LogP contribution in [-0.2, 0) is 14.4 Å². The summed E-state index contributed by atoms with van der Waals surface area (Å²) in [7, 11) is 0. The second-order valence-corrected chi connectivity index (χ2v) is 10.1. The highest BCUT2D eigenvalue weighted by molar-refractivity contribution is 6.20. The third-order valence-electron chi connectivity index (χ3n) is 7.19. The Kier molecular flexibility index (Phi) is 8.87. The van der Waals surface area contributed by atoms with E-state index >= 15 is 4.39 Å². The standard InChI is InChI=1S/C28H30F4N4O4/c29-21-10-4-8-19-22(17-6-2-1-3-7-17)34-25(27(40)36(15-37)23(19)21)35-26(39)18(9-5-13-28(30,31)32)20(24(33)38)14-16-11-12-16/h1-4,6-8,10,16,18,20,25,37H,5,9,11-15H2,(H2,33,38)(H,35,39). The van der Waals surface area contributed by atoms with Gasteiger partial charge in [0.15, 0.2) is 0 Å². The summed E-state index contributed by atoms with van der Waals surface area (Å²) < 4.78 is 53.7. The number of aliphatic hydroxyl groups excluding tert-OH is 1. The molecule has 1 heterocycles. The number of carbonyl (C=O) groups is 3. The number of aliphatic imine (C=N–C) groups is 1. The minimum atomic E-state index is -4.46. The number of rotatable bonds is 11. The van der Waals surface area contributed by atoms with Gasteiger partial charge in [-0.2, -0.15) is 13.2 Å². The van der Waals surface area contributed by atoms with E-state index in [1.165, 1.54) is 12.1 Å². The summed E-state index contributed by atoms with van der Waals surface area (Å²) in [6.07, 6.45) is -6.10. The molecule has 12 heteroatoms. The SMILES string of the molecule is NC(=O)C(CC1CC1)C(CCCC(F)(F)F)C(=O)NC1N=C(c2ccccc2)c2cccc(F)c2N(CO)C1=O. The molecule has 4 rings (SSSR count). The monoisotopic (exact) mass is 562 g/mol. The van der Waals surface area contributed by atoms with Crippen LogP contribution in [0.5, 0.6) is 0 Å². The Morgan fingerprint density at radius 1 is 1.10 bits per heavy atom. The molecule has 8 nitrogen and oxygen atoms in total. The average Bonchev–Trinajstić information content (AvgIpc) is 3.74. The number of aliphatic hydroxyl groups is 1. The van der Waals surface area contributed by atoms with E-state index in [1.807, 2.05) is 0 Å². The highest BCUT2D eigenvalue weighted by atomic mass is 19.4. The molecule has 0 spiro atoms. The second-order valence-electron chi connectivity index (χ2n) is 10.1. The lowest BCUT2D eigenvalue weighted by Gasteiger charge is -2.27. The number of nitrogens with two attached hydrogens (primary N) is 1. The number of benzene rings is 2. The molecule has 40 heavy (non-hydrogen) atoms. The zero-order valence-electron chi connectivity index (χ0n) is 21.5. The van der Waals surface area contributed by atoms with Crippen molar-refractivity contribution < 1.29 is 37.1 Å². The molecule has 214 valence electrons. The lowest BCUT2D eigenvalue weighted by Crippen LogP contribution is -2.51. The smallest absolute Gasteiger partial charge is 0.376 e. The third-order valence-corrected chi connectivity index (χ3v) is 7.19. The molecule has 0 radical (unpaired) electrons. The summed E-state index contributed by atoms with van der Waals surface area (Å²) >= 11 is 0. The molecular formula is C28H30F4N4O4. The highest BCUT2D eigenvalue weighted by Crippen LogP contribution is 2.39. The molecule has 4 N–H and O–H groups in total. The van der Waals surface area contributed by atoms with Gasteiger partial charge in [0, 0.05) is 29.4 Å². The first-order valence-corrected chi connectivity index (χ1v) is 13.0. The molecule has 1 fully saturated rings. The van der Waals surface area contributed by atoms with Crippen LogP contribution in [0.4, 0.5) is 23.2 Å². The minimum absolute atomic E-state index is 0.139. The number of hydrogen-bond donors (Lipinski definition) is 3. The number of halogens is 4. The van der Waals surface area contributed by atoms with Gasteiger partial charge in [-0.1, -0.05) is 55.3 Å². The molecule has 2 aromatic rings. The van der Waals surface area contributed by atoms with Gasteiger partial charge in [0.2, 0.25) is 18.0 Å². The number of anilines is 1. The van der Waals surface area contributed by atoms with Crippen molar-refractivity contribution in [3.8, 4) is 0 Å². The third kappa shape index (κ3) is 6.85. The van der Waals surface area contributed by atoms with E-state index in [9.17, 15) is 32.7 Å². The van der Waals surface area contributed by atoms with Crippen molar-refractivity contribution in [2.75, 3.05) is 11.6 Å². The maximum absolute atomic E-state index is 15.0. The number of hydrogen-bond acceptors (Lipinski definition) is 5. The quantitative estimate of drug-likeness (QED) is 0.362. The predicted octanol–water partition coefficient (Wildman–Crippen LogP) is 3.65. The Morgan fingerprint density at radius 2 is 1.80 bits per heavy atom. The molecule has 1 aliphatic heterocycles. The van der Waals surface area contributed by atoms with E-state index in [4.69, 9.17) is 5.73 Å². The topological polar surface area (TPSA) is 125 Å². The first kappa shape index (κ1) is 29.2. The molecule has 1 saturated carbocycles. The number of benzodiazepines with no additional fused rings is 1. The summed E-state index contributed by atoms with van der Waals surface area (Å²) in [6, 6.07) is 12.5. The number of nitrogens with zero attached hydrogens (tertiary/aromatic N) is 2. The lowest BCUT2D eigenvalue weighted by atomic mass is 9.82. The lowest BCUT2D eigenvalue weighted by molar-refractivity contribution is -0.140. The summed E-state index contributed by atoms with van der Waals surface area (Å²) in [4.78, 5) is 44.6. The van der Waals surface area contributed by atoms with Gasteiger partial charge in [0.25, 0.3) is 5.91 Å². The van der Waals surface area contributed by atoms with Crippen LogP contribution in [0.25, 0.3) is 0 Å². The molecule has 2 aliphatic rings. The van der Waals surface area contributed by atoms with E-state index in [-0.39, 0.29) is 35.7 Å². The second kappa shape index (κ2) is 12.2. The van der Waals surface area contributed by atoms with Gasteiger partial charge >= 0.3 is 6.18 Å². The van der Waals surface area contributed by atoms with Crippen LogP contribution in [0.3, 0.4) is 0 Å². The number of nitrogens with one attached hydrogen (secondary N) is 1. The maximum Gasteiger partial charge on any atom is 0.389 e. The summed E-state index contributed by atoms with van der Waals surface area (Å²) in [5.41, 5.74) is 6.19. The van der Waals surface area contributed by atoms with E-state index < -0.39 is 67.3 Å². The van der Waals surface area contributed by atoms with Crippen molar-refractivity contribution in [2.24, 2.45) is 28.5 Å². The predicted molar refractivity (Wildman–Crippen MR) is 138 cm³/mol. The van der Waals surface area contributed by atoms with E-state index in [1.54, 1.807) is 30.3 Å². The molecule has 3 atom stereocenters. The fourth-order valence-electron chi connectivity index (χ4n) is 5.02.